The molecule has 0 saturated carbocycles. The third-order valence-electron chi connectivity index (χ3n) is 14.5. The number of fused-ring (bicyclic) bond motifs is 6. The van der Waals surface area contributed by atoms with E-state index in [4.69, 9.17) is 8.83 Å². The van der Waals surface area contributed by atoms with E-state index >= 15 is 0 Å². The van der Waals surface area contributed by atoms with Crippen molar-refractivity contribution >= 4 is 0 Å². The minimum atomic E-state index is -0.527. The van der Waals surface area contributed by atoms with Crippen LogP contribution in [0.4, 0.5) is 0 Å². The Balaban J connectivity index is 1.02. The first-order chi connectivity index (χ1) is 32.3. The summed E-state index contributed by atoms with van der Waals surface area (Å²) in [6.45, 7) is 9.23. The molecule has 2 nitrogen and oxygen atoms in total. The van der Waals surface area contributed by atoms with Gasteiger partial charge in [0.25, 0.3) is 0 Å². The second kappa shape index (κ2) is 15.5. The van der Waals surface area contributed by atoms with Crippen LogP contribution in [0.1, 0.15) is 73.0 Å². The highest BCUT2D eigenvalue weighted by Gasteiger charge is 2.48. The van der Waals surface area contributed by atoms with Crippen LogP contribution in [0, 0.1) is 0 Å². The summed E-state index contributed by atoms with van der Waals surface area (Å²) in [6, 6.07) is 77.1. The highest BCUT2D eigenvalue weighted by atomic mass is 16.4. The van der Waals surface area contributed by atoms with Gasteiger partial charge in [0.1, 0.15) is 23.0 Å². The van der Waals surface area contributed by atoms with Crippen molar-refractivity contribution in [2.24, 2.45) is 0 Å². The summed E-state index contributed by atoms with van der Waals surface area (Å²) < 4.78 is 14.3. The van der Waals surface area contributed by atoms with Gasteiger partial charge >= 0.3 is 0 Å². The van der Waals surface area contributed by atoms with Crippen molar-refractivity contribution in [1.82, 2.24) is 0 Å². The van der Waals surface area contributed by atoms with Crippen molar-refractivity contribution < 1.29 is 8.83 Å². The minimum absolute atomic E-state index is 0.0983. The van der Waals surface area contributed by atoms with E-state index in [1.54, 1.807) is 0 Å². The average molecular weight is 851 g/mol. The van der Waals surface area contributed by atoms with E-state index in [0.717, 1.165) is 74.0 Å². The molecule has 2 heteroatoms. The third-order valence-corrected chi connectivity index (χ3v) is 14.5. The van der Waals surface area contributed by atoms with Gasteiger partial charge in [-0.1, -0.05) is 226 Å². The Labute approximate surface area is 387 Å². The van der Waals surface area contributed by atoms with E-state index in [1.807, 2.05) is 0 Å². The minimum Gasteiger partial charge on any atom is -0.459 e. The Hall–Kier alpha value is -7.68. The molecule has 0 spiro atoms. The van der Waals surface area contributed by atoms with Crippen LogP contribution in [0.2, 0.25) is 0 Å². The number of rotatable bonds is 9. The molecular weight excluding hydrogens is 801 g/mol. The molecule has 0 fully saturated rings. The molecule has 0 N–H and O–H groups in total. The Kier molecular flexibility index (Phi) is 9.36. The first kappa shape index (κ1) is 39.9. The van der Waals surface area contributed by atoms with Crippen molar-refractivity contribution in [2.45, 2.75) is 50.9 Å². The number of hydrogen-bond acceptors (Lipinski definition) is 2. The molecular formula is C64H50O2. The van der Waals surface area contributed by atoms with E-state index in [-0.39, 0.29) is 11.3 Å². The number of furan rings is 2. The normalized spacial score (nSPS) is 14.3. The zero-order valence-electron chi connectivity index (χ0n) is 37.8. The van der Waals surface area contributed by atoms with Gasteiger partial charge in [0.15, 0.2) is 0 Å². The van der Waals surface area contributed by atoms with E-state index in [9.17, 15) is 0 Å². The van der Waals surface area contributed by atoms with Gasteiger partial charge in [0.2, 0.25) is 0 Å². The predicted octanol–water partition coefficient (Wildman–Crippen LogP) is 17.2. The number of benzene rings is 8. The van der Waals surface area contributed by atoms with Gasteiger partial charge in [0.05, 0.1) is 5.41 Å². The maximum atomic E-state index is 7.28. The fourth-order valence-corrected chi connectivity index (χ4v) is 11.1. The Morgan fingerprint density at radius 1 is 0.348 bits per heavy atom. The third kappa shape index (κ3) is 6.31. The molecule has 0 aliphatic heterocycles. The lowest BCUT2D eigenvalue weighted by molar-refractivity contribution is 0.383. The average Bonchev–Trinajstić information content (AvgIpc) is 4.08. The summed E-state index contributed by atoms with van der Waals surface area (Å²) in [5.41, 5.74) is 20.0. The molecule has 10 aromatic rings. The Morgan fingerprint density at radius 2 is 0.788 bits per heavy atom. The maximum absolute atomic E-state index is 7.28. The van der Waals surface area contributed by atoms with E-state index in [2.05, 4.69) is 240 Å². The monoisotopic (exact) mass is 850 g/mol. The second-order valence-electron chi connectivity index (χ2n) is 19.1. The quantitative estimate of drug-likeness (QED) is 0.145. The fraction of sp³-hybridized carbons (Fsp3) is 0.125. The molecule has 2 aromatic heterocycles. The molecule has 1 unspecified atom stereocenters. The van der Waals surface area contributed by atoms with Crippen LogP contribution in [0.3, 0.4) is 0 Å². The predicted molar refractivity (Wildman–Crippen MR) is 272 cm³/mol. The second-order valence-corrected chi connectivity index (χ2v) is 19.1. The van der Waals surface area contributed by atoms with E-state index in [0.29, 0.717) is 0 Å². The molecule has 2 heterocycles. The summed E-state index contributed by atoms with van der Waals surface area (Å²) >= 11 is 0. The molecule has 12 rings (SSSR count). The number of hydrogen-bond donors (Lipinski definition) is 0. The first-order valence-corrected chi connectivity index (χ1v) is 23.3. The molecule has 1 atom stereocenters. The molecule has 318 valence electrons. The molecule has 0 radical (unpaired) electrons. The fourth-order valence-electron chi connectivity index (χ4n) is 11.1. The van der Waals surface area contributed by atoms with E-state index < -0.39 is 5.41 Å². The molecule has 0 bridgehead atoms. The van der Waals surface area contributed by atoms with Gasteiger partial charge in [0, 0.05) is 44.7 Å². The zero-order valence-corrected chi connectivity index (χ0v) is 37.8. The largest absolute Gasteiger partial charge is 0.459 e. The standard InChI is InChI=1S/C64H50O2/c1-63(2)53-32-20-19-31-50(53)51-38-37-48(40-54(51)63)52(39-47-29-17-18-30-49(47)41-21-9-5-10-22-41)42-33-35-46(36-34-42)60-56(44-25-13-7-14-26-44)58-57-55(43-23-11-6-12-24-43)59(45-27-15-8-16-28-45)65-61(57)64(3,4)62(58)66-60/h5-38,40,52H,39H2,1-4H3. The summed E-state index contributed by atoms with van der Waals surface area (Å²) in [5, 5.41) is 0. The topological polar surface area (TPSA) is 26.3 Å². The highest BCUT2D eigenvalue weighted by Crippen LogP contribution is 2.62. The van der Waals surface area contributed by atoms with Gasteiger partial charge in [-0.05, 0) is 81.5 Å². The van der Waals surface area contributed by atoms with Gasteiger partial charge in [-0.25, -0.2) is 0 Å². The Morgan fingerprint density at radius 3 is 1.36 bits per heavy atom. The van der Waals surface area contributed by atoms with Crippen molar-refractivity contribution in [1.29, 1.82) is 0 Å². The van der Waals surface area contributed by atoms with Gasteiger partial charge in [-0.3, -0.25) is 0 Å². The zero-order chi connectivity index (χ0) is 44.6. The van der Waals surface area contributed by atoms with Gasteiger partial charge < -0.3 is 8.83 Å². The van der Waals surface area contributed by atoms with Crippen LogP contribution in [0.15, 0.2) is 221 Å². The van der Waals surface area contributed by atoms with Crippen LogP contribution in [0.25, 0.3) is 78.3 Å². The summed E-state index contributed by atoms with van der Waals surface area (Å²) in [7, 11) is 0. The molecule has 2 aliphatic rings. The molecule has 0 amide bonds. The molecule has 66 heavy (non-hydrogen) atoms. The van der Waals surface area contributed by atoms with Crippen molar-refractivity contribution in [3.05, 3.63) is 252 Å². The van der Waals surface area contributed by atoms with Crippen molar-refractivity contribution in [3.8, 4) is 78.3 Å². The smallest absolute Gasteiger partial charge is 0.142 e. The van der Waals surface area contributed by atoms with Crippen LogP contribution in [-0.2, 0) is 17.3 Å². The van der Waals surface area contributed by atoms with Crippen LogP contribution in [0.5, 0.6) is 0 Å². The van der Waals surface area contributed by atoms with E-state index in [1.165, 1.54) is 50.1 Å². The van der Waals surface area contributed by atoms with Gasteiger partial charge in [-0.15, -0.1) is 0 Å². The summed E-state index contributed by atoms with van der Waals surface area (Å²) in [5.74, 6) is 3.73. The SMILES string of the molecule is CC1(C)c2ccccc2-c2ccc(C(Cc3ccccc3-c3ccccc3)c3ccc(-c4oc5c(c4-c4ccccc4)-c4c(oc(-c6ccccc6)c4-c4ccccc4)C5(C)C)cc3)cc21. The van der Waals surface area contributed by atoms with Crippen LogP contribution >= 0.6 is 0 Å². The molecule has 0 saturated heterocycles. The summed E-state index contributed by atoms with van der Waals surface area (Å²) in [4.78, 5) is 0. The molecule has 2 aliphatic carbocycles. The van der Waals surface area contributed by atoms with Crippen LogP contribution in [-0.4, -0.2) is 0 Å². The lowest BCUT2D eigenvalue weighted by Crippen LogP contribution is -2.16. The Bertz CT molecular complexity index is 3400. The van der Waals surface area contributed by atoms with Crippen molar-refractivity contribution in [2.75, 3.05) is 0 Å². The van der Waals surface area contributed by atoms with Gasteiger partial charge in [-0.2, -0.15) is 0 Å². The van der Waals surface area contributed by atoms with Crippen molar-refractivity contribution in [3.63, 3.8) is 0 Å². The lowest BCUT2D eigenvalue weighted by Gasteiger charge is -2.25. The molecule has 8 aromatic carbocycles. The first-order valence-electron chi connectivity index (χ1n) is 23.3. The lowest BCUT2D eigenvalue weighted by atomic mass is 9.78. The van der Waals surface area contributed by atoms with Crippen LogP contribution < -0.4 is 0 Å². The highest BCUT2D eigenvalue weighted by molar-refractivity contribution is 6.05. The summed E-state index contributed by atoms with van der Waals surface area (Å²) in [6.07, 6.45) is 0.852. The maximum Gasteiger partial charge on any atom is 0.142 e.